The number of carbonyl (C=O) groups is 1. The zero-order valence-electron chi connectivity index (χ0n) is 11.5. The van der Waals surface area contributed by atoms with Gasteiger partial charge in [-0.3, -0.25) is 4.79 Å². The van der Waals surface area contributed by atoms with Crippen molar-refractivity contribution in [1.82, 2.24) is 5.32 Å². The molecule has 1 amide bonds. The molecule has 0 unspecified atom stereocenters. The first-order chi connectivity index (χ1) is 10.1. The summed E-state index contributed by atoms with van der Waals surface area (Å²) in [6.07, 6.45) is 2.19. The van der Waals surface area contributed by atoms with Crippen LogP contribution >= 0.6 is 23.5 Å². The van der Waals surface area contributed by atoms with E-state index >= 15 is 0 Å². The Morgan fingerprint density at radius 1 is 1.29 bits per heavy atom. The van der Waals surface area contributed by atoms with Gasteiger partial charge < -0.3 is 10.6 Å². The van der Waals surface area contributed by atoms with Gasteiger partial charge in [0.15, 0.2) is 0 Å². The average Bonchev–Trinajstić information content (AvgIpc) is 2.48. The Labute approximate surface area is 131 Å². The summed E-state index contributed by atoms with van der Waals surface area (Å²) < 4.78 is 24.4. The van der Waals surface area contributed by atoms with Gasteiger partial charge in [0.1, 0.15) is 0 Å². The van der Waals surface area contributed by atoms with Crippen molar-refractivity contribution in [3.8, 4) is 0 Å². The van der Waals surface area contributed by atoms with Crippen molar-refractivity contribution in [3.63, 3.8) is 0 Å². The summed E-state index contributed by atoms with van der Waals surface area (Å²) in [5, 5.41) is 6.62. The molecule has 1 aromatic carbocycles. The van der Waals surface area contributed by atoms with Crippen molar-refractivity contribution >= 4 is 35.1 Å². The lowest BCUT2D eigenvalue weighted by Crippen LogP contribution is -2.30. The summed E-state index contributed by atoms with van der Waals surface area (Å²) in [6.45, 7) is 2.03. The van der Waals surface area contributed by atoms with Crippen LogP contribution < -0.4 is 10.6 Å². The monoisotopic (exact) mass is 332 g/mol. The minimum absolute atomic E-state index is 0.0483. The quantitative estimate of drug-likeness (QED) is 0.783. The van der Waals surface area contributed by atoms with Crippen molar-refractivity contribution in [2.75, 3.05) is 24.2 Å². The van der Waals surface area contributed by atoms with E-state index in [1.807, 2.05) is 0 Å². The highest BCUT2D eigenvalue weighted by atomic mass is 32.2. The van der Waals surface area contributed by atoms with Crippen LogP contribution in [-0.4, -0.2) is 35.8 Å². The van der Waals surface area contributed by atoms with E-state index in [-0.39, 0.29) is 5.91 Å². The highest BCUT2D eigenvalue weighted by molar-refractivity contribution is 8.00. The Morgan fingerprint density at radius 2 is 1.95 bits per heavy atom. The number of nitrogens with one attached hydrogen (secondary N) is 2. The standard InChI is InChI=1S/C14H18F2N2OS2/c15-14(16)21-12-3-1-10(2-4-12)18-13(19)9-20-11-5-7-17-8-6-11/h1-4,11,14,17H,5-9H2,(H,18,19). The molecule has 0 aromatic heterocycles. The Bertz CT molecular complexity index is 451. The van der Waals surface area contributed by atoms with Crippen LogP contribution in [0, 0.1) is 0 Å². The molecule has 1 aliphatic heterocycles. The fourth-order valence-electron chi connectivity index (χ4n) is 2.07. The molecule has 21 heavy (non-hydrogen) atoms. The van der Waals surface area contributed by atoms with Crippen LogP contribution in [0.25, 0.3) is 0 Å². The molecule has 116 valence electrons. The van der Waals surface area contributed by atoms with Crippen LogP contribution in [-0.2, 0) is 4.79 Å². The number of benzene rings is 1. The van der Waals surface area contributed by atoms with Crippen molar-refractivity contribution in [2.24, 2.45) is 0 Å². The largest absolute Gasteiger partial charge is 0.325 e. The molecule has 1 fully saturated rings. The maximum Gasteiger partial charge on any atom is 0.288 e. The third kappa shape index (κ3) is 6.23. The molecule has 3 nitrogen and oxygen atoms in total. The van der Waals surface area contributed by atoms with E-state index in [2.05, 4.69) is 10.6 Å². The van der Waals surface area contributed by atoms with Crippen molar-refractivity contribution < 1.29 is 13.6 Å². The molecule has 0 aliphatic carbocycles. The molecular weight excluding hydrogens is 314 g/mol. The summed E-state index contributed by atoms with van der Waals surface area (Å²) in [4.78, 5) is 12.3. The van der Waals surface area contributed by atoms with Gasteiger partial charge >= 0.3 is 0 Å². The number of hydrogen-bond donors (Lipinski definition) is 2. The maximum absolute atomic E-state index is 12.2. The highest BCUT2D eigenvalue weighted by Crippen LogP contribution is 2.26. The van der Waals surface area contributed by atoms with Crippen molar-refractivity contribution in [3.05, 3.63) is 24.3 Å². The average molecular weight is 332 g/mol. The number of anilines is 1. The Balaban J connectivity index is 1.74. The molecule has 0 bridgehead atoms. The zero-order chi connectivity index (χ0) is 15.1. The van der Waals surface area contributed by atoms with Crippen molar-refractivity contribution in [1.29, 1.82) is 0 Å². The molecule has 1 aromatic rings. The Kier molecular flexibility index (Phi) is 6.79. The smallest absolute Gasteiger partial charge is 0.288 e. The van der Waals surface area contributed by atoms with Crippen LogP contribution in [0.3, 0.4) is 0 Å². The zero-order valence-corrected chi connectivity index (χ0v) is 13.1. The van der Waals surface area contributed by atoms with Gasteiger partial charge in [-0.25, -0.2) is 0 Å². The summed E-state index contributed by atoms with van der Waals surface area (Å²) in [7, 11) is 0. The van der Waals surface area contributed by atoms with E-state index in [1.54, 1.807) is 36.0 Å². The summed E-state index contributed by atoms with van der Waals surface area (Å²) >= 11 is 2.18. The van der Waals surface area contributed by atoms with Gasteiger partial charge in [-0.15, -0.1) is 11.8 Å². The molecular formula is C14H18F2N2OS2. The van der Waals surface area contributed by atoms with Crippen LogP contribution in [0.4, 0.5) is 14.5 Å². The highest BCUT2D eigenvalue weighted by Gasteiger charge is 2.15. The predicted molar refractivity (Wildman–Crippen MR) is 85.3 cm³/mol. The first kappa shape index (κ1) is 16.6. The molecule has 2 rings (SSSR count). The number of amides is 1. The van der Waals surface area contributed by atoms with E-state index < -0.39 is 5.76 Å². The van der Waals surface area contributed by atoms with Crippen LogP contribution in [0.1, 0.15) is 12.8 Å². The minimum atomic E-state index is -2.42. The third-order valence-electron chi connectivity index (χ3n) is 3.10. The van der Waals surface area contributed by atoms with Gasteiger partial charge in [-0.1, -0.05) is 11.8 Å². The molecule has 0 atom stereocenters. The van der Waals surface area contributed by atoms with Crippen LogP contribution in [0.2, 0.25) is 0 Å². The van der Waals surface area contributed by atoms with E-state index in [9.17, 15) is 13.6 Å². The Morgan fingerprint density at radius 3 is 2.57 bits per heavy atom. The molecule has 0 radical (unpaired) electrons. The minimum Gasteiger partial charge on any atom is -0.325 e. The number of rotatable bonds is 6. The number of thioether (sulfide) groups is 2. The molecule has 2 N–H and O–H groups in total. The Hall–Kier alpha value is -0.790. The van der Waals surface area contributed by atoms with Crippen LogP contribution in [0.5, 0.6) is 0 Å². The predicted octanol–water partition coefficient (Wildman–Crippen LogP) is 3.43. The summed E-state index contributed by atoms with van der Waals surface area (Å²) in [5.74, 6) is -2.04. The molecule has 1 saturated heterocycles. The number of carbonyl (C=O) groups excluding carboxylic acids is 1. The second-order valence-corrected chi connectivity index (χ2v) is 7.06. The molecule has 1 aliphatic rings. The number of hydrogen-bond acceptors (Lipinski definition) is 4. The second-order valence-electron chi connectivity index (χ2n) is 4.71. The first-order valence-electron chi connectivity index (χ1n) is 6.80. The normalized spacial score (nSPS) is 16.1. The molecule has 1 heterocycles. The van der Waals surface area contributed by atoms with Gasteiger partial charge in [-0.2, -0.15) is 8.78 Å². The summed E-state index contributed by atoms with van der Waals surface area (Å²) in [6, 6.07) is 6.48. The van der Waals surface area contributed by atoms with E-state index in [0.29, 0.717) is 33.3 Å². The fraction of sp³-hybridized carbons (Fsp3) is 0.500. The van der Waals surface area contributed by atoms with Gasteiger partial charge in [0, 0.05) is 15.8 Å². The van der Waals surface area contributed by atoms with Gasteiger partial charge in [0.05, 0.1) is 5.75 Å². The second kappa shape index (κ2) is 8.60. The first-order valence-corrected chi connectivity index (χ1v) is 8.73. The lowest BCUT2D eigenvalue weighted by molar-refractivity contribution is -0.113. The van der Waals surface area contributed by atoms with Crippen molar-refractivity contribution in [2.45, 2.75) is 28.7 Å². The maximum atomic E-state index is 12.2. The van der Waals surface area contributed by atoms with Gasteiger partial charge in [0.25, 0.3) is 5.76 Å². The SMILES string of the molecule is O=C(CSC1CCNCC1)Nc1ccc(SC(F)F)cc1. The lowest BCUT2D eigenvalue weighted by atomic mass is 10.2. The number of alkyl halides is 2. The fourth-order valence-corrected chi connectivity index (χ4v) is 3.60. The van der Waals surface area contributed by atoms with E-state index in [1.165, 1.54) is 0 Å². The topological polar surface area (TPSA) is 41.1 Å². The number of halogens is 2. The lowest BCUT2D eigenvalue weighted by Gasteiger charge is -2.21. The third-order valence-corrected chi connectivity index (χ3v) is 5.19. The molecule has 0 spiro atoms. The van der Waals surface area contributed by atoms with Crippen LogP contribution in [0.15, 0.2) is 29.2 Å². The summed E-state index contributed by atoms with van der Waals surface area (Å²) in [5.41, 5.74) is 0.643. The molecule has 7 heteroatoms. The number of piperidine rings is 1. The van der Waals surface area contributed by atoms with Gasteiger partial charge in [-0.05, 0) is 50.2 Å². The van der Waals surface area contributed by atoms with E-state index in [4.69, 9.17) is 0 Å². The molecule has 0 saturated carbocycles. The van der Waals surface area contributed by atoms with E-state index in [0.717, 1.165) is 25.9 Å². The van der Waals surface area contributed by atoms with Gasteiger partial charge in [0.2, 0.25) is 5.91 Å².